The van der Waals surface area contributed by atoms with Crippen molar-refractivity contribution in [2.45, 2.75) is 26.3 Å². The van der Waals surface area contributed by atoms with Crippen LogP contribution in [0.4, 0.5) is 4.79 Å². The van der Waals surface area contributed by atoms with Crippen molar-refractivity contribution >= 4 is 12.0 Å². The predicted molar refractivity (Wildman–Crippen MR) is 55.4 cm³/mol. The highest BCUT2D eigenvalue weighted by Gasteiger charge is 2.30. The summed E-state index contributed by atoms with van der Waals surface area (Å²) in [5.74, 6) is 0.490. The summed E-state index contributed by atoms with van der Waals surface area (Å²) in [6.45, 7) is 4.97. The van der Waals surface area contributed by atoms with Gasteiger partial charge >= 0.3 is 6.09 Å². The van der Waals surface area contributed by atoms with Gasteiger partial charge in [0, 0.05) is 12.6 Å². The lowest BCUT2D eigenvalue weighted by Crippen LogP contribution is -2.42. The number of rotatable bonds is 2. The van der Waals surface area contributed by atoms with Crippen molar-refractivity contribution in [3.8, 4) is 0 Å². The summed E-state index contributed by atoms with van der Waals surface area (Å²) in [4.78, 5) is 24.3. The number of ether oxygens (including phenoxy) is 1. The molecule has 0 bridgehead atoms. The number of hydrogen-bond donors (Lipinski definition) is 1. The molecule has 1 rings (SSSR count). The number of hydrogen-bond acceptors (Lipinski definition) is 3. The third-order valence-electron chi connectivity index (χ3n) is 3.03. The Labute approximate surface area is 89.8 Å². The fraction of sp³-hybridized carbons (Fsp3) is 0.800. The van der Waals surface area contributed by atoms with Gasteiger partial charge in [0.05, 0.1) is 7.11 Å². The van der Waals surface area contributed by atoms with Crippen LogP contribution in [0.2, 0.25) is 0 Å². The first-order valence-corrected chi connectivity index (χ1v) is 5.17. The molecule has 0 aromatic heterocycles. The molecule has 1 N–H and O–H groups in total. The fourth-order valence-corrected chi connectivity index (χ4v) is 1.77. The molecular formula is C10H18N2O3. The predicted octanol–water partition coefficient (Wildman–Crippen LogP) is 0.599. The van der Waals surface area contributed by atoms with E-state index < -0.39 is 6.09 Å². The van der Waals surface area contributed by atoms with Crippen LogP contribution in [0, 0.1) is 5.92 Å². The standard InChI is InChI=1S/C10H18N2O3/c1-7-4-5-12(8(7)2)9(13)6-11-10(14)15-3/h7-8H,4-6H2,1-3H3,(H,11,14)/t7-,8-/m1/s1. The summed E-state index contributed by atoms with van der Waals surface area (Å²) in [6.07, 6.45) is 0.466. The molecule has 0 aromatic rings. The van der Waals surface area contributed by atoms with E-state index in [1.807, 2.05) is 6.92 Å². The van der Waals surface area contributed by atoms with Crippen molar-refractivity contribution in [2.75, 3.05) is 20.2 Å². The second-order valence-corrected chi connectivity index (χ2v) is 3.94. The molecule has 0 unspecified atom stereocenters. The Morgan fingerprint density at radius 3 is 2.60 bits per heavy atom. The highest BCUT2D eigenvalue weighted by Crippen LogP contribution is 2.22. The smallest absolute Gasteiger partial charge is 0.407 e. The minimum Gasteiger partial charge on any atom is -0.453 e. The van der Waals surface area contributed by atoms with Gasteiger partial charge in [-0.15, -0.1) is 0 Å². The van der Waals surface area contributed by atoms with E-state index in [-0.39, 0.29) is 18.5 Å². The van der Waals surface area contributed by atoms with Gasteiger partial charge in [-0.1, -0.05) is 6.92 Å². The lowest BCUT2D eigenvalue weighted by molar-refractivity contribution is -0.130. The zero-order chi connectivity index (χ0) is 11.4. The van der Waals surface area contributed by atoms with Crippen LogP contribution in [0.25, 0.3) is 0 Å². The van der Waals surface area contributed by atoms with E-state index in [9.17, 15) is 9.59 Å². The summed E-state index contributed by atoms with van der Waals surface area (Å²) in [5.41, 5.74) is 0. The van der Waals surface area contributed by atoms with Crippen LogP contribution < -0.4 is 5.32 Å². The van der Waals surface area contributed by atoms with Crippen molar-refractivity contribution in [2.24, 2.45) is 5.92 Å². The van der Waals surface area contributed by atoms with Gasteiger partial charge in [0.25, 0.3) is 0 Å². The van der Waals surface area contributed by atoms with Gasteiger partial charge < -0.3 is 15.0 Å². The number of methoxy groups -OCH3 is 1. The Kier molecular flexibility index (Phi) is 3.94. The molecule has 1 aliphatic rings. The molecule has 1 aliphatic heterocycles. The van der Waals surface area contributed by atoms with Crippen LogP contribution in [0.3, 0.4) is 0 Å². The third-order valence-corrected chi connectivity index (χ3v) is 3.03. The normalized spacial score (nSPS) is 25.1. The summed E-state index contributed by atoms with van der Waals surface area (Å²) < 4.78 is 4.39. The van der Waals surface area contributed by atoms with E-state index in [1.165, 1.54) is 7.11 Å². The first-order chi connectivity index (χ1) is 7.06. The average Bonchev–Trinajstić information content (AvgIpc) is 2.56. The Balaban J connectivity index is 2.38. The van der Waals surface area contributed by atoms with E-state index in [2.05, 4.69) is 17.0 Å². The van der Waals surface area contributed by atoms with Gasteiger partial charge in [-0.3, -0.25) is 4.79 Å². The molecule has 86 valence electrons. The lowest BCUT2D eigenvalue weighted by atomic mass is 10.1. The van der Waals surface area contributed by atoms with E-state index in [4.69, 9.17) is 0 Å². The highest BCUT2D eigenvalue weighted by molar-refractivity contribution is 5.82. The molecular weight excluding hydrogens is 196 g/mol. The first kappa shape index (κ1) is 11.8. The average molecular weight is 214 g/mol. The molecule has 0 spiro atoms. The second-order valence-electron chi connectivity index (χ2n) is 3.94. The topological polar surface area (TPSA) is 58.6 Å². The van der Waals surface area contributed by atoms with Gasteiger partial charge in [-0.05, 0) is 19.3 Å². The SMILES string of the molecule is COC(=O)NCC(=O)N1CC[C@@H](C)[C@H]1C. The van der Waals surface area contributed by atoms with E-state index in [1.54, 1.807) is 4.90 Å². The molecule has 5 nitrogen and oxygen atoms in total. The maximum absolute atomic E-state index is 11.7. The Bertz CT molecular complexity index is 255. The molecule has 0 radical (unpaired) electrons. The molecule has 15 heavy (non-hydrogen) atoms. The first-order valence-electron chi connectivity index (χ1n) is 5.17. The van der Waals surface area contributed by atoms with E-state index >= 15 is 0 Å². The minimum atomic E-state index is -0.566. The quantitative estimate of drug-likeness (QED) is 0.732. The number of carbonyl (C=O) groups is 2. The van der Waals surface area contributed by atoms with Gasteiger partial charge in [-0.2, -0.15) is 0 Å². The zero-order valence-electron chi connectivity index (χ0n) is 9.45. The third kappa shape index (κ3) is 2.84. The van der Waals surface area contributed by atoms with Crippen LogP contribution in [-0.4, -0.2) is 43.1 Å². The van der Waals surface area contributed by atoms with Crippen LogP contribution in [0.5, 0.6) is 0 Å². The minimum absolute atomic E-state index is 0.0176. The summed E-state index contributed by atoms with van der Waals surface area (Å²) in [6, 6.07) is 0.261. The van der Waals surface area contributed by atoms with Crippen LogP contribution >= 0.6 is 0 Å². The van der Waals surface area contributed by atoms with Gasteiger partial charge in [-0.25, -0.2) is 4.79 Å². The van der Waals surface area contributed by atoms with Gasteiger partial charge in [0.1, 0.15) is 6.54 Å². The molecule has 0 aliphatic carbocycles. The number of nitrogens with zero attached hydrogens (tertiary/aromatic N) is 1. The summed E-state index contributed by atoms with van der Waals surface area (Å²) in [7, 11) is 1.28. The highest BCUT2D eigenvalue weighted by atomic mass is 16.5. The van der Waals surface area contributed by atoms with Crippen molar-refractivity contribution in [1.29, 1.82) is 0 Å². The van der Waals surface area contributed by atoms with Crippen molar-refractivity contribution in [3.05, 3.63) is 0 Å². The zero-order valence-corrected chi connectivity index (χ0v) is 9.45. The Hall–Kier alpha value is -1.26. The molecule has 1 fully saturated rings. The van der Waals surface area contributed by atoms with Crippen LogP contribution in [0.15, 0.2) is 0 Å². The van der Waals surface area contributed by atoms with Crippen LogP contribution in [0.1, 0.15) is 20.3 Å². The van der Waals surface area contributed by atoms with Crippen molar-refractivity contribution in [3.63, 3.8) is 0 Å². The number of alkyl carbamates (subject to hydrolysis) is 1. The largest absolute Gasteiger partial charge is 0.453 e. The molecule has 2 atom stereocenters. The Morgan fingerprint density at radius 1 is 1.47 bits per heavy atom. The number of likely N-dealkylation sites (tertiary alicyclic amines) is 1. The lowest BCUT2D eigenvalue weighted by Gasteiger charge is -2.23. The molecule has 0 saturated carbocycles. The molecule has 0 aromatic carbocycles. The number of amides is 2. The maximum atomic E-state index is 11.7. The van der Waals surface area contributed by atoms with Crippen molar-refractivity contribution < 1.29 is 14.3 Å². The van der Waals surface area contributed by atoms with E-state index in [0.29, 0.717) is 5.92 Å². The molecule has 2 amide bonds. The summed E-state index contributed by atoms with van der Waals surface area (Å²) in [5, 5.41) is 2.39. The molecule has 5 heteroatoms. The maximum Gasteiger partial charge on any atom is 0.407 e. The summed E-state index contributed by atoms with van der Waals surface area (Å²) >= 11 is 0. The monoisotopic (exact) mass is 214 g/mol. The number of nitrogens with one attached hydrogen (secondary N) is 1. The Morgan fingerprint density at radius 2 is 2.13 bits per heavy atom. The molecule has 1 heterocycles. The number of carbonyl (C=O) groups excluding carboxylic acids is 2. The second kappa shape index (κ2) is 5.00. The van der Waals surface area contributed by atoms with E-state index in [0.717, 1.165) is 13.0 Å². The van der Waals surface area contributed by atoms with Gasteiger partial charge in [0.15, 0.2) is 0 Å². The van der Waals surface area contributed by atoms with Crippen LogP contribution in [-0.2, 0) is 9.53 Å². The fourth-order valence-electron chi connectivity index (χ4n) is 1.77. The molecule has 1 saturated heterocycles. The van der Waals surface area contributed by atoms with Crippen molar-refractivity contribution in [1.82, 2.24) is 10.2 Å². The van der Waals surface area contributed by atoms with Gasteiger partial charge in [0.2, 0.25) is 5.91 Å².